The van der Waals surface area contributed by atoms with Crippen molar-refractivity contribution in [1.82, 2.24) is 19.7 Å². The molecule has 5 rings (SSSR count). The van der Waals surface area contributed by atoms with Gasteiger partial charge in [-0.15, -0.1) is 10.2 Å². The monoisotopic (exact) mass is 467 g/mol. The van der Waals surface area contributed by atoms with E-state index in [1.165, 1.54) is 31.0 Å². The third-order valence-electron chi connectivity index (χ3n) is 5.99. The van der Waals surface area contributed by atoms with Crippen LogP contribution in [0.1, 0.15) is 54.1 Å². The summed E-state index contributed by atoms with van der Waals surface area (Å²) < 4.78 is 2.19. The fraction of sp³-hybridized carbons (Fsp3) is 0.348. The van der Waals surface area contributed by atoms with Gasteiger partial charge in [-0.3, -0.25) is 19.1 Å². The number of rotatable bonds is 6. The number of pyridine rings is 1. The molecule has 0 spiro atoms. The molecule has 0 atom stereocenters. The number of hydrogen-bond acceptors (Lipinski definition) is 6. The minimum Gasteiger partial charge on any atom is -0.325 e. The van der Waals surface area contributed by atoms with E-state index in [0.717, 1.165) is 34.9 Å². The molecular formula is C23H22ClN5O2S. The zero-order valence-corrected chi connectivity index (χ0v) is 19.0. The number of aromatic nitrogens is 4. The maximum absolute atomic E-state index is 13.0. The van der Waals surface area contributed by atoms with E-state index >= 15 is 0 Å². The topological polar surface area (TPSA) is 89.8 Å². The molecule has 3 aromatic rings. The van der Waals surface area contributed by atoms with Crippen molar-refractivity contribution in [3.8, 4) is 11.4 Å². The Hall–Kier alpha value is -2.71. The first-order chi connectivity index (χ1) is 15.6. The predicted octanol–water partition coefficient (Wildman–Crippen LogP) is 4.97. The number of carbonyl (C=O) groups excluding carboxylic acids is 2. The van der Waals surface area contributed by atoms with Crippen molar-refractivity contribution in [1.29, 1.82) is 0 Å². The largest absolute Gasteiger partial charge is 0.325 e. The number of halogens is 1. The molecule has 1 aliphatic heterocycles. The van der Waals surface area contributed by atoms with Crippen LogP contribution in [0.5, 0.6) is 0 Å². The van der Waals surface area contributed by atoms with Crippen molar-refractivity contribution in [2.24, 2.45) is 0 Å². The summed E-state index contributed by atoms with van der Waals surface area (Å²) in [6.07, 6.45) is 9.54. The van der Waals surface area contributed by atoms with Crippen molar-refractivity contribution >= 4 is 40.7 Å². The van der Waals surface area contributed by atoms with Crippen molar-refractivity contribution in [2.75, 3.05) is 11.1 Å². The van der Waals surface area contributed by atoms with E-state index in [1.807, 2.05) is 12.1 Å². The van der Waals surface area contributed by atoms with Crippen molar-refractivity contribution < 1.29 is 9.59 Å². The van der Waals surface area contributed by atoms with Gasteiger partial charge in [0.15, 0.2) is 16.8 Å². The summed E-state index contributed by atoms with van der Waals surface area (Å²) in [5, 5.41) is 12.8. The molecule has 32 heavy (non-hydrogen) atoms. The summed E-state index contributed by atoms with van der Waals surface area (Å²) in [4.78, 5) is 28.8. The van der Waals surface area contributed by atoms with Crippen molar-refractivity contribution in [3.05, 3.63) is 52.8 Å². The maximum Gasteiger partial charge on any atom is 0.228 e. The first kappa shape index (κ1) is 21.2. The van der Waals surface area contributed by atoms with Crippen LogP contribution in [0.25, 0.3) is 11.4 Å². The highest BCUT2D eigenvalue weighted by Crippen LogP contribution is 2.36. The van der Waals surface area contributed by atoms with Gasteiger partial charge in [0.1, 0.15) is 0 Å². The van der Waals surface area contributed by atoms with Crippen LogP contribution in [0.4, 0.5) is 5.69 Å². The molecule has 0 radical (unpaired) electrons. The van der Waals surface area contributed by atoms with Crippen LogP contribution < -0.4 is 5.32 Å². The molecule has 0 unspecified atom stereocenters. The van der Waals surface area contributed by atoms with Crippen molar-refractivity contribution in [3.63, 3.8) is 0 Å². The van der Waals surface area contributed by atoms with Crippen LogP contribution >= 0.6 is 23.4 Å². The lowest BCUT2D eigenvalue weighted by atomic mass is 9.95. The standard InChI is InChI=1S/C23H22ClN5O2S/c24-18-12-19-15(11-21(31)26-19)10-17(18)20(30)13-32-23-28-27-22(14-6-8-25-9-7-14)29(23)16-4-2-1-3-5-16/h6-10,12,16H,1-5,11,13H2,(H,26,31). The fourth-order valence-electron chi connectivity index (χ4n) is 4.41. The normalized spacial score (nSPS) is 16.1. The lowest BCUT2D eigenvalue weighted by Gasteiger charge is -2.25. The lowest BCUT2D eigenvalue weighted by molar-refractivity contribution is -0.115. The molecule has 1 aromatic carbocycles. The van der Waals surface area contributed by atoms with E-state index in [-0.39, 0.29) is 23.9 Å². The molecule has 7 nitrogen and oxygen atoms in total. The minimum atomic E-state index is -0.0918. The summed E-state index contributed by atoms with van der Waals surface area (Å²) in [6, 6.07) is 7.57. The van der Waals surface area contributed by atoms with Gasteiger partial charge in [0.2, 0.25) is 5.91 Å². The second-order valence-corrected chi connectivity index (χ2v) is 9.48. The smallest absolute Gasteiger partial charge is 0.228 e. The second kappa shape index (κ2) is 9.03. The second-order valence-electron chi connectivity index (χ2n) is 8.13. The first-order valence-electron chi connectivity index (χ1n) is 10.7. The Balaban J connectivity index is 1.40. The Morgan fingerprint density at radius 3 is 2.72 bits per heavy atom. The maximum atomic E-state index is 13.0. The van der Waals surface area contributed by atoms with Crippen LogP contribution in [0.15, 0.2) is 41.8 Å². The quantitative estimate of drug-likeness (QED) is 0.406. The van der Waals surface area contributed by atoms with Gasteiger partial charge in [-0.2, -0.15) is 0 Å². The molecule has 0 saturated heterocycles. The number of ketones is 1. The number of nitrogens with one attached hydrogen (secondary N) is 1. The zero-order chi connectivity index (χ0) is 22.1. The average molecular weight is 468 g/mol. The number of fused-ring (bicyclic) bond motifs is 1. The molecule has 2 aromatic heterocycles. The number of nitrogens with zero attached hydrogens (tertiary/aromatic N) is 4. The number of anilines is 1. The summed E-state index contributed by atoms with van der Waals surface area (Å²) in [7, 11) is 0. The van der Waals surface area contributed by atoms with Crippen LogP contribution in [0, 0.1) is 0 Å². The molecule has 164 valence electrons. The summed E-state index contributed by atoms with van der Waals surface area (Å²) in [5.74, 6) is 0.834. The highest BCUT2D eigenvalue weighted by molar-refractivity contribution is 7.99. The van der Waals surface area contributed by atoms with Gasteiger partial charge in [0.25, 0.3) is 0 Å². The molecule has 1 saturated carbocycles. The summed E-state index contributed by atoms with van der Waals surface area (Å²) >= 11 is 7.73. The van der Waals surface area contributed by atoms with Gasteiger partial charge in [-0.1, -0.05) is 42.6 Å². The van der Waals surface area contributed by atoms with Crippen LogP contribution in [0.3, 0.4) is 0 Å². The van der Waals surface area contributed by atoms with E-state index in [4.69, 9.17) is 11.6 Å². The molecule has 9 heteroatoms. The van der Waals surface area contributed by atoms with Crippen LogP contribution in [-0.2, 0) is 11.2 Å². The van der Waals surface area contributed by atoms with E-state index in [1.54, 1.807) is 24.5 Å². The summed E-state index contributed by atoms with van der Waals surface area (Å²) in [6.45, 7) is 0. The third-order valence-corrected chi connectivity index (χ3v) is 7.25. The number of benzene rings is 1. The minimum absolute atomic E-state index is 0.0840. The third kappa shape index (κ3) is 4.17. The van der Waals surface area contributed by atoms with Gasteiger partial charge >= 0.3 is 0 Å². The molecule has 3 heterocycles. The Morgan fingerprint density at radius 2 is 1.94 bits per heavy atom. The highest BCUT2D eigenvalue weighted by atomic mass is 35.5. The Bertz CT molecular complexity index is 1170. The van der Waals surface area contributed by atoms with Gasteiger partial charge < -0.3 is 5.32 Å². The van der Waals surface area contributed by atoms with E-state index in [2.05, 4.69) is 25.1 Å². The number of Topliss-reactive ketones (excluding diaryl/α,β-unsaturated/α-hetero) is 1. The van der Waals surface area contributed by atoms with Crippen molar-refractivity contribution in [2.45, 2.75) is 49.7 Å². The fourth-order valence-corrected chi connectivity index (χ4v) is 5.57. The Morgan fingerprint density at radius 1 is 1.16 bits per heavy atom. The predicted molar refractivity (Wildman–Crippen MR) is 124 cm³/mol. The number of carbonyl (C=O) groups is 2. The Kier molecular flexibility index (Phi) is 5.97. The molecule has 2 aliphatic rings. The highest BCUT2D eigenvalue weighted by Gasteiger charge is 2.26. The zero-order valence-electron chi connectivity index (χ0n) is 17.4. The molecule has 1 fully saturated rings. The number of hydrogen-bond donors (Lipinski definition) is 1. The molecule has 1 aliphatic carbocycles. The lowest BCUT2D eigenvalue weighted by Crippen LogP contribution is -2.15. The van der Waals surface area contributed by atoms with Gasteiger partial charge in [0.05, 0.1) is 17.2 Å². The molecular weight excluding hydrogens is 446 g/mol. The number of thioether (sulfide) groups is 1. The number of amides is 1. The van der Waals surface area contributed by atoms with Gasteiger partial charge in [-0.05, 0) is 42.7 Å². The average Bonchev–Trinajstić information content (AvgIpc) is 3.40. The first-order valence-corrected chi connectivity index (χ1v) is 12.1. The van der Waals surface area contributed by atoms with Gasteiger partial charge in [0, 0.05) is 35.2 Å². The Labute approximate surface area is 195 Å². The molecule has 1 N–H and O–H groups in total. The van der Waals surface area contributed by atoms with Gasteiger partial charge in [-0.25, -0.2) is 0 Å². The van der Waals surface area contributed by atoms with E-state index in [9.17, 15) is 9.59 Å². The van der Waals surface area contributed by atoms with Crippen LogP contribution in [-0.4, -0.2) is 37.2 Å². The summed E-state index contributed by atoms with van der Waals surface area (Å²) in [5.41, 5.74) is 2.89. The molecule has 0 bridgehead atoms. The van der Waals surface area contributed by atoms with Crippen LogP contribution in [0.2, 0.25) is 5.02 Å². The van der Waals surface area contributed by atoms with E-state index in [0.29, 0.717) is 22.3 Å². The molecule has 1 amide bonds. The van der Waals surface area contributed by atoms with E-state index < -0.39 is 0 Å². The SMILES string of the molecule is O=C1Cc2cc(C(=O)CSc3nnc(-c4ccncc4)n3C3CCCCC3)c(Cl)cc2N1.